The highest BCUT2D eigenvalue weighted by molar-refractivity contribution is 4.78. The molecule has 0 aromatic rings. The smallest absolute Gasteiger partial charge is 0.0411 e. The van der Waals surface area contributed by atoms with Crippen LogP contribution in [0.25, 0.3) is 0 Å². The van der Waals surface area contributed by atoms with Gasteiger partial charge < -0.3 is 0 Å². The Morgan fingerprint density at radius 2 is 0.810 bits per heavy atom. The number of rotatable bonds is 6. The molecule has 2 aliphatic rings. The van der Waals surface area contributed by atoms with Crippen LogP contribution in [0.3, 0.4) is 0 Å². The van der Waals surface area contributed by atoms with Crippen LogP contribution in [-0.4, -0.2) is 0 Å². The third-order valence-corrected chi connectivity index (χ3v) is 5.99. The van der Waals surface area contributed by atoms with Gasteiger partial charge in [-0.3, -0.25) is 0 Å². The molecule has 0 atom stereocenters. The maximum atomic E-state index is 2.35. The van der Waals surface area contributed by atoms with Gasteiger partial charge in [-0.2, -0.15) is 0 Å². The van der Waals surface area contributed by atoms with Crippen molar-refractivity contribution >= 4 is 0 Å². The molecule has 0 unspecified atom stereocenters. The van der Waals surface area contributed by atoms with E-state index in [2.05, 4.69) is 13.8 Å². The SMILES string of the molecule is C.C.CCCC1CCC(CC2CCC(CCC)CC2)CC1. The molecule has 0 aromatic carbocycles. The molecular weight excluding hydrogens is 252 g/mol. The average molecular weight is 297 g/mol. The van der Waals surface area contributed by atoms with Gasteiger partial charge in [0.1, 0.15) is 0 Å². The summed E-state index contributed by atoms with van der Waals surface area (Å²) in [5.41, 5.74) is 0. The van der Waals surface area contributed by atoms with Crippen molar-refractivity contribution in [3.63, 3.8) is 0 Å². The van der Waals surface area contributed by atoms with Gasteiger partial charge in [-0.05, 0) is 30.1 Å². The summed E-state index contributed by atoms with van der Waals surface area (Å²) in [5.74, 6) is 4.37. The zero-order valence-corrected chi connectivity index (χ0v) is 13.5. The molecule has 2 aliphatic carbocycles. The van der Waals surface area contributed by atoms with Crippen molar-refractivity contribution in [3.8, 4) is 0 Å². The van der Waals surface area contributed by atoms with E-state index in [0.29, 0.717) is 0 Å². The molecule has 2 rings (SSSR count). The van der Waals surface area contributed by atoms with E-state index < -0.39 is 0 Å². The quantitative estimate of drug-likeness (QED) is 0.468. The van der Waals surface area contributed by atoms with Crippen molar-refractivity contribution in [1.29, 1.82) is 0 Å². The topological polar surface area (TPSA) is 0 Å². The third-order valence-electron chi connectivity index (χ3n) is 5.99. The molecule has 128 valence electrons. The van der Waals surface area contributed by atoms with Gasteiger partial charge in [-0.15, -0.1) is 0 Å². The molecule has 0 bridgehead atoms. The van der Waals surface area contributed by atoms with Crippen LogP contribution in [0.5, 0.6) is 0 Å². The number of hydrogen-bond donors (Lipinski definition) is 0. The van der Waals surface area contributed by atoms with Crippen LogP contribution in [0.1, 0.15) is 112 Å². The van der Waals surface area contributed by atoms with Crippen LogP contribution in [0, 0.1) is 23.7 Å². The van der Waals surface area contributed by atoms with Gasteiger partial charge >= 0.3 is 0 Å². The zero-order chi connectivity index (χ0) is 13.5. The molecule has 0 aromatic heterocycles. The van der Waals surface area contributed by atoms with E-state index >= 15 is 0 Å². The first-order valence-corrected chi connectivity index (χ1v) is 9.31. The summed E-state index contributed by atoms with van der Waals surface area (Å²) in [7, 11) is 0. The van der Waals surface area contributed by atoms with Gasteiger partial charge in [0.25, 0.3) is 0 Å². The Labute approximate surface area is 136 Å². The van der Waals surface area contributed by atoms with E-state index in [-0.39, 0.29) is 14.9 Å². The summed E-state index contributed by atoms with van der Waals surface area (Å²) in [6.07, 6.45) is 19.8. The molecular formula is C21H44. The summed E-state index contributed by atoms with van der Waals surface area (Å²) in [4.78, 5) is 0. The predicted molar refractivity (Wildman–Crippen MR) is 98.8 cm³/mol. The Morgan fingerprint density at radius 1 is 0.524 bits per heavy atom. The van der Waals surface area contributed by atoms with Crippen molar-refractivity contribution in [2.24, 2.45) is 23.7 Å². The highest BCUT2D eigenvalue weighted by atomic mass is 14.3. The molecule has 0 N–H and O–H groups in total. The highest BCUT2D eigenvalue weighted by Gasteiger charge is 2.26. The summed E-state index contributed by atoms with van der Waals surface area (Å²) < 4.78 is 0. The molecule has 2 saturated carbocycles. The molecule has 0 aliphatic heterocycles. The van der Waals surface area contributed by atoms with Crippen molar-refractivity contribution in [1.82, 2.24) is 0 Å². The van der Waals surface area contributed by atoms with Gasteiger partial charge in [-0.25, -0.2) is 0 Å². The normalized spacial score (nSPS) is 32.9. The van der Waals surface area contributed by atoms with E-state index in [9.17, 15) is 0 Å². The highest BCUT2D eigenvalue weighted by Crippen LogP contribution is 2.39. The van der Waals surface area contributed by atoms with Gasteiger partial charge in [0.05, 0.1) is 0 Å². The summed E-state index contributed by atoms with van der Waals surface area (Å²) in [6, 6.07) is 0. The zero-order valence-electron chi connectivity index (χ0n) is 13.5. The van der Waals surface area contributed by atoms with Gasteiger partial charge in [0.15, 0.2) is 0 Å². The van der Waals surface area contributed by atoms with Crippen LogP contribution in [0.4, 0.5) is 0 Å². The molecule has 0 nitrogen and oxygen atoms in total. The molecule has 0 amide bonds. The summed E-state index contributed by atoms with van der Waals surface area (Å²) >= 11 is 0. The standard InChI is InChI=1S/C19H36.2CH4/c1-3-5-16-7-11-18(12-8-16)15-19-13-9-17(6-4-2)10-14-19;;/h16-19H,3-15H2,1-2H3;2*1H4. The lowest BCUT2D eigenvalue weighted by molar-refractivity contribution is 0.184. The van der Waals surface area contributed by atoms with Gasteiger partial charge in [0.2, 0.25) is 0 Å². The van der Waals surface area contributed by atoms with Gasteiger partial charge in [0, 0.05) is 0 Å². The lowest BCUT2D eigenvalue weighted by atomic mass is 9.72. The van der Waals surface area contributed by atoms with Crippen LogP contribution >= 0.6 is 0 Å². The monoisotopic (exact) mass is 296 g/mol. The first kappa shape index (κ1) is 21.0. The van der Waals surface area contributed by atoms with E-state index in [1.807, 2.05) is 0 Å². The molecule has 2 fully saturated rings. The number of hydrogen-bond acceptors (Lipinski definition) is 0. The maximum Gasteiger partial charge on any atom is -0.0411 e. The lowest BCUT2D eigenvalue weighted by Crippen LogP contribution is -2.20. The fraction of sp³-hybridized carbons (Fsp3) is 1.00. The average Bonchev–Trinajstić information content (AvgIpc) is 2.44. The molecule has 0 saturated heterocycles. The van der Waals surface area contributed by atoms with Gasteiger partial charge in [-0.1, -0.05) is 106 Å². The Hall–Kier alpha value is 0. The maximum absolute atomic E-state index is 2.35. The summed E-state index contributed by atoms with van der Waals surface area (Å²) in [5, 5.41) is 0. The first-order valence-electron chi connectivity index (χ1n) is 9.31. The van der Waals surface area contributed by atoms with Crippen LogP contribution in [-0.2, 0) is 0 Å². The van der Waals surface area contributed by atoms with Crippen molar-refractivity contribution < 1.29 is 0 Å². The Kier molecular flexibility index (Phi) is 11.6. The Bertz CT molecular complexity index is 192. The second-order valence-corrected chi connectivity index (χ2v) is 7.59. The van der Waals surface area contributed by atoms with Crippen molar-refractivity contribution in [2.45, 2.75) is 112 Å². The van der Waals surface area contributed by atoms with Crippen LogP contribution < -0.4 is 0 Å². The minimum Gasteiger partial charge on any atom is -0.0776 e. The van der Waals surface area contributed by atoms with E-state index in [4.69, 9.17) is 0 Å². The van der Waals surface area contributed by atoms with E-state index in [0.717, 1.165) is 23.7 Å². The lowest BCUT2D eigenvalue weighted by Gasteiger charge is -2.34. The molecule has 0 heterocycles. The molecule has 0 spiro atoms. The van der Waals surface area contributed by atoms with Crippen LogP contribution in [0.2, 0.25) is 0 Å². The Morgan fingerprint density at radius 3 is 1.10 bits per heavy atom. The second kappa shape index (κ2) is 11.6. The Balaban J connectivity index is 0.00000200. The predicted octanol–water partition coefficient (Wildman–Crippen LogP) is 7.86. The largest absolute Gasteiger partial charge is 0.0776 e. The molecule has 21 heavy (non-hydrogen) atoms. The minimum absolute atomic E-state index is 0. The first-order chi connectivity index (χ1) is 9.31. The third kappa shape index (κ3) is 7.20. The summed E-state index contributed by atoms with van der Waals surface area (Å²) in [6.45, 7) is 4.70. The second-order valence-electron chi connectivity index (χ2n) is 7.59. The molecule has 0 heteroatoms. The fourth-order valence-corrected chi connectivity index (χ4v) is 4.80. The van der Waals surface area contributed by atoms with E-state index in [1.54, 1.807) is 57.8 Å². The van der Waals surface area contributed by atoms with Crippen molar-refractivity contribution in [3.05, 3.63) is 0 Å². The van der Waals surface area contributed by atoms with E-state index in [1.165, 1.54) is 25.7 Å². The van der Waals surface area contributed by atoms with Crippen molar-refractivity contribution in [2.75, 3.05) is 0 Å². The van der Waals surface area contributed by atoms with Crippen LogP contribution in [0.15, 0.2) is 0 Å². The molecule has 0 radical (unpaired) electrons. The fourth-order valence-electron chi connectivity index (χ4n) is 4.80. The minimum atomic E-state index is 0.